The van der Waals surface area contributed by atoms with Gasteiger partial charge in [0, 0.05) is 32.7 Å². The Morgan fingerprint density at radius 2 is 1.59 bits per heavy atom. The van der Waals surface area contributed by atoms with Crippen LogP contribution in [0.5, 0.6) is 0 Å². The fraction of sp³-hybridized carbons (Fsp3) is 0.273. The molecule has 0 N–H and O–H groups in total. The highest BCUT2D eigenvalue weighted by Gasteiger charge is 2.29. The Kier molecular flexibility index (Phi) is 5.09. The molecule has 4 nitrogen and oxygen atoms in total. The van der Waals surface area contributed by atoms with Crippen LogP contribution in [0.4, 0.5) is 0 Å². The van der Waals surface area contributed by atoms with E-state index in [1.807, 2.05) is 58.3 Å². The van der Waals surface area contributed by atoms with Crippen molar-refractivity contribution >= 4 is 0 Å². The standard InChI is InChI=1S/C33H35N4/c1-21(2)27-17-25(24-10-8-7-9-11-24)18-28(22(3)4)32(27)37-15-14-35(6)33(37)29-20-30-26(16-23(29)5)19-31-34-12-13-36(30)31/h7-18,20-22H,19H2,1-6H3/q+1/i21D,22D. The summed E-state index contributed by atoms with van der Waals surface area (Å²) in [6.45, 7) is 9.91. The van der Waals surface area contributed by atoms with E-state index in [2.05, 4.69) is 81.4 Å². The molecule has 0 saturated carbocycles. The summed E-state index contributed by atoms with van der Waals surface area (Å²) in [4.78, 5) is 4.54. The molecule has 0 atom stereocenters. The lowest BCUT2D eigenvalue weighted by atomic mass is 9.88. The lowest BCUT2D eigenvalue weighted by Crippen LogP contribution is -2.29. The molecule has 6 rings (SSSR count). The minimum absolute atomic E-state index is 0.839. The van der Waals surface area contributed by atoms with E-state index in [1.165, 1.54) is 11.1 Å². The Morgan fingerprint density at radius 3 is 2.27 bits per heavy atom. The Balaban J connectivity index is 1.65. The number of nitrogens with zero attached hydrogens (tertiary/aromatic N) is 4. The van der Waals surface area contributed by atoms with E-state index in [1.54, 1.807) is 0 Å². The smallest absolute Gasteiger partial charge is 0.294 e. The van der Waals surface area contributed by atoms with Gasteiger partial charge in [0.15, 0.2) is 0 Å². The molecule has 0 saturated heterocycles. The highest BCUT2D eigenvalue weighted by atomic mass is 15.1. The predicted octanol–water partition coefficient (Wildman–Crippen LogP) is 7.28. The first-order chi connectivity index (χ1) is 18.4. The van der Waals surface area contributed by atoms with Crippen molar-refractivity contribution in [1.29, 1.82) is 0 Å². The molecule has 0 bridgehead atoms. The van der Waals surface area contributed by atoms with Crippen molar-refractivity contribution in [3.05, 3.63) is 107 Å². The second kappa shape index (κ2) is 8.88. The van der Waals surface area contributed by atoms with Gasteiger partial charge >= 0.3 is 0 Å². The quantitative estimate of drug-likeness (QED) is 0.234. The summed E-state index contributed by atoms with van der Waals surface area (Å²) in [5.41, 5.74) is 9.58. The maximum Gasteiger partial charge on any atom is 0.294 e. The first-order valence-corrected chi connectivity index (χ1v) is 12.9. The molecular weight excluding hydrogens is 452 g/mol. The summed E-state index contributed by atoms with van der Waals surface area (Å²) in [5, 5.41) is 0. The second-order valence-electron chi connectivity index (χ2n) is 10.6. The Bertz CT molecular complexity index is 1680. The SMILES string of the molecule is [2H]C(C)(C)c1cc(-c2ccccc2)cc(C([2H])(C)C)c1-n1cc[n+](C)c1-c1cc2c(cc1C)Cc1nccn1-2. The summed E-state index contributed by atoms with van der Waals surface area (Å²) < 4.78 is 25.0. The predicted molar refractivity (Wildman–Crippen MR) is 151 cm³/mol. The van der Waals surface area contributed by atoms with Gasteiger partial charge < -0.3 is 4.57 Å². The van der Waals surface area contributed by atoms with E-state index < -0.39 is 11.8 Å². The molecule has 0 radical (unpaired) electrons. The Morgan fingerprint density at radius 1 is 0.892 bits per heavy atom. The average Bonchev–Trinajstić information content (AvgIpc) is 3.57. The third-order valence-electron chi connectivity index (χ3n) is 7.53. The molecule has 4 heteroatoms. The van der Waals surface area contributed by atoms with Gasteiger partial charge in [-0.05, 0) is 59.2 Å². The number of hydrogen-bond acceptors (Lipinski definition) is 1. The zero-order valence-electron chi connectivity index (χ0n) is 24.5. The van der Waals surface area contributed by atoms with Gasteiger partial charge in [-0.15, -0.1) is 0 Å². The zero-order valence-corrected chi connectivity index (χ0v) is 22.5. The largest absolute Gasteiger partial charge is 0.303 e. The molecule has 3 heterocycles. The van der Waals surface area contributed by atoms with Gasteiger partial charge in [-0.3, -0.25) is 0 Å². The van der Waals surface area contributed by atoms with Crippen LogP contribution < -0.4 is 4.57 Å². The van der Waals surface area contributed by atoms with Gasteiger partial charge in [0.25, 0.3) is 5.82 Å². The summed E-state index contributed by atoms with van der Waals surface area (Å²) >= 11 is 0. The fourth-order valence-electron chi connectivity index (χ4n) is 5.65. The maximum atomic E-state index is 9.22. The first kappa shape index (κ1) is 21.2. The van der Waals surface area contributed by atoms with E-state index in [0.717, 1.165) is 57.3 Å². The van der Waals surface area contributed by atoms with Crippen LogP contribution >= 0.6 is 0 Å². The van der Waals surface area contributed by atoms with Gasteiger partial charge in [-0.1, -0.05) is 64.1 Å². The average molecular weight is 490 g/mol. The molecule has 5 aromatic rings. The van der Waals surface area contributed by atoms with Gasteiger partial charge in [-0.2, -0.15) is 4.57 Å². The van der Waals surface area contributed by atoms with Crippen LogP contribution in [0.1, 0.15) is 70.3 Å². The van der Waals surface area contributed by atoms with Crippen LogP contribution in [-0.2, 0) is 13.5 Å². The van der Waals surface area contributed by atoms with Crippen LogP contribution in [0, 0.1) is 6.92 Å². The topological polar surface area (TPSA) is 26.6 Å². The number of imidazole rings is 2. The lowest BCUT2D eigenvalue weighted by Gasteiger charge is -2.20. The number of fused-ring (bicyclic) bond motifs is 3. The van der Waals surface area contributed by atoms with Crippen LogP contribution in [0.2, 0.25) is 0 Å². The minimum Gasteiger partial charge on any atom is -0.303 e. The van der Waals surface area contributed by atoms with Crippen molar-refractivity contribution in [3.63, 3.8) is 0 Å². The zero-order chi connectivity index (χ0) is 27.7. The molecule has 1 aliphatic rings. The summed E-state index contributed by atoms with van der Waals surface area (Å²) in [7, 11) is 2.07. The molecule has 0 unspecified atom stereocenters. The second-order valence-corrected chi connectivity index (χ2v) is 10.6. The number of benzene rings is 3. The minimum atomic E-state index is -0.890. The van der Waals surface area contributed by atoms with Crippen molar-refractivity contribution in [2.75, 3.05) is 0 Å². The molecule has 3 aromatic carbocycles. The van der Waals surface area contributed by atoms with E-state index in [-0.39, 0.29) is 0 Å². The van der Waals surface area contributed by atoms with E-state index >= 15 is 0 Å². The Hall–Kier alpha value is -3.92. The van der Waals surface area contributed by atoms with Gasteiger partial charge in [-0.25, -0.2) is 9.55 Å². The van der Waals surface area contributed by atoms with E-state index in [4.69, 9.17) is 0 Å². The van der Waals surface area contributed by atoms with Gasteiger partial charge in [0.05, 0.1) is 18.3 Å². The first-order valence-electron chi connectivity index (χ1n) is 13.9. The highest BCUT2D eigenvalue weighted by Crippen LogP contribution is 2.39. The van der Waals surface area contributed by atoms with Crippen molar-refractivity contribution in [3.8, 4) is 33.9 Å². The van der Waals surface area contributed by atoms with Crippen molar-refractivity contribution in [2.45, 2.75) is 52.8 Å². The summed E-state index contributed by atoms with van der Waals surface area (Å²) in [5.74, 6) is 0.305. The number of aryl methyl sites for hydroxylation is 2. The number of rotatable bonds is 5. The third-order valence-corrected chi connectivity index (χ3v) is 7.53. The third kappa shape index (κ3) is 3.83. The van der Waals surface area contributed by atoms with Crippen LogP contribution in [-0.4, -0.2) is 14.1 Å². The van der Waals surface area contributed by atoms with Crippen molar-refractivity contribution in [1.82, 2.24) is 14.1 Å². The number of aromatic nitrogens is 4. The Labute approximate surface area is 222 Å². The molecule has 2 aromatic heterocycles. The van der Waals surface area contributed by atoms with Crippen LogP contribution in [0.25, 0.3) is 33.9 Å². The lowest BCUT2D eigenvalue weighted by molar-refractivity contribution is -0.659. The molecule has 0 aliphatic carbocycles. The van der Waals surface area contributed by atoms with Gasteiger partial charge in [0.1, 0.15) is 23.9 Å². The van der Waals surface area contributed by atoms with Crippen LogP contribution in [0.3, 0.4) is 0 Å². The molecule has 0 spiro atoms. The highest BCUT2D eigenvalue weighted by molar-refractivity contribution is 5.72. The van der Waals surface area contributed by atoms with Crippen molar-refractivity contribution in [2.24, 2.45) is 7.05 Å². The van der Waals surface area contributed by atoms with E-state index in [9.17, 15) is 2.74 Å². The molecule has 0 amide bonds. The fourth-order valence-corrected chi connectivity index (χ4v) is 5.65. The van der Waals surface area contributed by atoms with E-state index in [0.29, 0.717) is 0 Å². The summed E-state index contributed by atoms with van der Waals surface area (Å²) in [6.07, 6.45) is 8.87. The van der Waals surface area contributed by atoms with Crippen molar-refractivity contribution < 1.29 is 7.31 Å². The van der Waals surface area contributed by atoms with Gasteiger partial charge in [0.2, 0.25) is 0 Å². The number of hydrogen-bond donors (Lipinski definition) is 0. The molecular formula is C33H35N4+. The van der Waals surface area contributed by atoms with Crippen LogP contribution in [0.15, 0.2) is 79.4 Å². The normalized spacial score (nSPS) is 13.8. The molecule has 0 fully saturated rings. The monoisotopic (exact) mass is 489 g/mol. The summed E-state index contributed by atoms with van der Waals surface area (Å²) in [6, 6.07) is 19.1. The molecule has 37 heavy (non-hydrogen) atoms. The maximum absolute atomic E-state index is 9.22. The molecule has 186 valence electrons. The molecule has 1 aliphatic heterocycles.